The number of carbonyl (C=O) groups excluding carboxylic acids is 2. The van der Waals surface area contributed by atoms with Crippen molar-refractivity contribution in [1.82, 2.24) is 0 Å². The second-order valence-corrected chi connectivity index (χ2v) is 5.05. The van der Waals surface area contributed by atoms with Gasteiger partial charge in [0.25, 0.3) is 5.69 Å². The molecule has 2 aromatic rings. The summed E-state index contributed by atoms with van der Waals surface area (Å²) in [5.41, 5.74) is 1.33. The Labute approximate surface area is 120 Å². The third-order valence-corrected chi connectivity index (χ3v) is 3.88. The average Bonchev–Trinajstić information content (AvgIpc) is 2.46. The maximum Gasteiger partial charge on any atom is 0.284 e. The van der Waals surface area contributed by atoms with Gasteiger partial charge in [0.1, 0.15) is 5.56 Å². The normalized spacial score (nSPS) is 12.9. The summed E-state index contributed by atoms with van der Waals surface area (Å²) in [7, 11) is 0. The molecule has 0 aliphatic heterocycles. The summed E-state index contributed by atoms with van der Waals surface area (Å²) >= 11 is 0. The lowest BCUT2D eigenvalue weighted by molar-refractivity contribution is -0.385. The van der Waals surface area contributed by atoms with Crippen molar-refractivity contribution in [2.75, 3.05) is 0 Å². The van der Waals surface area contributed by atoms with Gasteiger partial charge in [0, 0.05) is 22.3 Å². The van der Waals surface area contributed by atoms with E-state index in [-0.39, 0.29) is 28.2 Å². The number of nitrogens with zero attached hydrogens (tertiary/aromatic N) is 1. The van der Waals surface area contributed by atoms with E-state index >= 15 is 0 Å². The number of fused-ring (bicyclic) bond motifs is 2. The van der Waals surface area contributed by atoms with Gasteiger partial charge in [0.15, 0.2) is 5.78 Å². The third-order valence-electron chi connectivity index (χ3n) is 3.88. The molecule has 2 aromatic carbocycles. The highest BCUT2D eigenvalue weighted by atomic mass is 16.6. The first-order valence-electron chi connectivity index (χ1n) is 6.40. The molecule has 5 nitrogen and oxygen atoms in total. The molecular formula is C16H11NO4. The number of rotatable bonds is 1. The Morgan fingerprint density at radius 1 is 0.952 bits per heavy atom. The molecule has 3 rings (SSSR count). The Hall–Kier alpha value is -2.82. The molecule has 104 valence electrons. The Kier molecular flexibility index (Phi) is 2.73. The predicted molar refractivity (Wildman–Crippen MR) is 75.9 cm³/mol. The van der Waals surface area contributed by atoms with Crippen molar-refractivity contribution in [3.8, 4) is 0 Å². The zero-order valence-electron chi connectivity index (χ0n) is 11.5. The van der Waals surface area contributed by atoms with Crippen molar-refractivity contribution in [3.05, 3.63) is 73.8 Å². The highest BCUT2D eigenvalue weighted by Gasteiger charge is 2.37. The SMILES string of the molecule is Cc1cc2c(c([N+](=O)[O-])c1C)C(=O)c1ccccc1C2=O. The Bertz CT molecular complexity index is 836. The number of nitro benzene ring substituents is 1. The molecule has 0 radical (unpaired) electrons. The number of ketones is 2. The fourth-order valence-electron chi connectivity index (χ4n) is 2.69. The molecule has 1 aliphatic rings. The van der Waals surface area contributed by atoms with E-state index in [9.17, 15) is 19.7 Å². The van der Waals surface area contributed by atoms with Crippen LogP contribution in [0.2, 0.25) is 0 Å². The molecule has 5 heteroatoms. The smallest absolute Gasteiger partial charge is 0.284 e. The van der Waals surface area contributed by atoms with Gasteiger partial charge in [-0.25, -0.2) is 0 Å². The first kappa shape index (κ1) is 13.2. The molecular weight excluding hydrogens is 270 g/mol. The molecule has 0 heterocycles. The molecule has 21 heavy (non-hydrogen) atoms. The van der Waals surface area contributed by atoms with Gasteiger partial charge in [-0.2, -0.15) is 0 Å². The van der Waals surface area contributed by atoms with E-state index in [0.717, 1.165) is 0 Å². The summed E-state index contributed by atoms with van der Waals surface area (Å²) in [4.78, 5) is 35.9. The van der Waals surface area contributed by atoms with Crippen LogP contribution in [0.25, 0.3) is 0 Å². The number of benzene rings is 2. The Balaban J connectivity index is 2.43. The minimum Gasteiger partial charge on any atom is -0.289 e. The summed E-state index contributed by atoms with van der Waals surface area (Å²) in [6, 6.07) is 7.97. The third kappa shape index (κ3) is 1.71. The van der Waals surface area contributed by atoms with Crippen LogP contribution in [0.3, 0.4) is 0 Å². The molecule has 0 atom stereocenters. The highest BCUT2D eigenvalue weighted by Crippen LogP contribution is 2.36. The van der Waals surface area contributed by atoms with Crippen LogP contribution < -0.4 is 0 Å². The number of hydrogen-bond acceptors (Lipinski definition) is 4. The van der Waals surface area contributed by atoms with Crippen LogP contribution >= 0.6 is 0 Å². The fraction of sp³-hybridized carbons (Fsp3) is 0.125. The molecule has 0 N–H and O–H groups in total. The zero-order valence-corrected chi connectivity index (χ0v) is 11.5. The van der Waals surface area contributed by atoms with Gasteiger partial charge in [0.2, 0.25) is 5.78 Å². The van der Waals surface area contributed by atoms with Crippen LogP contribution in [0.4, 0.5) is 5.69 Å². The molecule has 0 saturated carbocycles. The standard InChI is InChI=1S/C16H11NO4/c1-8-7-12-13(14(9(8)2)17(20)21)16(19)11-6-4-3-5-10(11)15(12)18/h3-7H,1-2H3. The van der Waals surface area contributed by atoms with E-state index in [1.54, 1.807) is 38.1 Å². The van der Waals surface area contributed by atoms with Gasteiger partial charge >= 0.3 is 0 Å². The summed E-state index contributed by atoms with van der Waals surface area (Å²) in [6.07, 6.45) is 0. The van der Waals surface area contributed by atoms with Gasteiger partial charge in [-0.15, -0.1) is 0 Å². The topological polar surface area (TPSA) is 77.3 Å². The lowest BCUT2D eigenvalue weighted by Crippen LogP contribution is -2.23. The van der Waals surface area contributed by atoms with Crippen LogP contribution in [-0.2, 0) is 0 Å². The minimum atomic E-state index is -0.583. The number of nitro groups is 1. The van der Waals surface area contributed by atoms with E-state index < -0.39 is 10.7 Å². The van der Waals surface area contributed by atoms with Gasteiger partial charge in [0.05, 0.1) is 4.92 Å². The molecule has 0 bridgehead atoms. The lowest BCUT2D eigenvalue weighted by atomic mass is 9.81. The first-order chi connectivity index (χ1) is 9.93. The predicted octanol–water partition coefficient (Wildman–Crippen LogP) is 2.99. The van der Waals surface area contributed by atoms with Crippen LogP contribution in [0.5, 0.6) is 0 Å². The first-order valence-corrected chi connectivity index (χ1v) is 6.40. The molecule has 0 spiro atoms. The van der Waals surface area contributed by atoms with Gasteiger partial charge in [-0.05, 0) is 25.5 Å². The van der Waals surface area contributed by atoms with Crippen molar-refractivity contribution in [2.24, 2.45) is 0 Å². The van der Waals surface area contributed by atoms with Crippen molar-refractivity contribution in [1.29, 1.82) is 0 Å². The Morgan fingerprint density at radius 3 is 2.10 bits per heavy atom. The summed E-state index contributed by atoms with van der Waals surface area (Å²) < 4.78 is 0. The average molecular weight is 281 g/mol. The van der Waals surface area contributed by atoms with Crippen molar-refractivity contribution >= 4 is 17.3 Å². The second-order valence-electron chi connectivity index (χ2n) is 5.05. The maximum absolute atomic E-state index is 12.6. The molecule has 0 fully saturated rings. The lowest BCUT2D eigenvalue weighted by Gasteiger charge is -2.19. The zero-order chi connectivity index (χ0) is 15.3. The van der Waals surface area contributed by atoms with Crippen molar-refractivity contribution in [2.45, 2.75) is 13.8 Å². The van der Waals surface area contributed by atoms with Crippen LogP contribution in [0, 0.1) is 24.0 Å². The van der Waals surface area contributed by atoms with Gasteiger partial charge < -0.3 is 0 Å². The number of aryl methyl sites for hydroxylation is 1. The molecule has 0 amide bonds. The number of hydrogen-bond donors (Lipinski definition) is 0. The van der Waals surface area contributed by atoms with E-state index in [1.165, 1.54) is 6.07 Å². The molecule has 0 saturated heterocycles. The monoisotopic (exact) mass is 281 g/mol. The molecule has 0 unspecified atom stereocenters. The summed E-state index contributed by atoms with van der Waals surface area (Å²) in [6.45, 7) is 3.28. The van der Waals surface area contributed by atoms with Crippen LogP contribution in [0.1, 0.15) is 43.0 Å². The molecule has 1 aliphatic carbocycles. The Morgan fingerprint density at radius 2 is 1.52 bits per heavy atom. The largest absolute Gasteiger partial charge is 0.289 e. The van der Waals surface area contributed by atoms with Crippen LogP contribution in [-0.4, -0.2) is 16.5 Å². The van der Waals surface area contributed by atoms with E-state index in [2.05, 4.69) is 0 Å². The molecule has 0 aromatic heterocycles. The highest BCUT2D eigenvalue weighted by molar-refractivity contribution is 6.30. The second kappa shape index (κ2) is 4.34. The number of carbonyl (C=O) groups is 2. The van der Waals surface area contributed by atoms with Gasteiger partial charge in [-0.1, -0.05) is 24.3 Å². The van der Waals surface area contributed by atoms with Crippen LogP contribution in [0.15, 0.2) is 30.3 Å². The van der Waals surface area contributed by atoms with E-state index in [4.69, 9.17) is 0 Å². The maximum atomic E-state index is 12.6. The summed E-state index contributed by atoms with van der Waals surface area (Å²) in [5.74, 6) is -0.804. The fourth-order valence-corrected chi connectivity index (χ4v) is 2.69. The minimum absolute atomic E-state index is 0.0909. The van der Waals surface area contributed by atoms with Gasteiger partial charge in [-0.3, -0.25) is 19.7 Å². The van der Waals surface area contributed by atoms with E-state index in [1.807, 2.05) is 0 Å². The van der Waals surface area contributed by atoms with E-state index in [0.29, 0.717) is 16.7 Å². The quantitative estimate of drug-likeness (QED) is 0.507. The van der Waals surface area contributed by atoms with Crippen molar-refractivity contribution < 1.29 is 14.5 Å². The summed E-state index contributed by atoms with van der Waals surface area (Å²) in [5, 5.41) is 11.4. The van der Waals surface area contributed by atoms with Crippen molar-refractivity contribution in [3.63, 3.8) is 0 Å².